The van der Waals surface area contributed by atoms with Gasteiger partial charge in [0.05, 0.1) is 14.9 Å². The Balaban J connectivity index is 2.67. The Morgan fingerprint density at radius 3 is 1.84 bits per heavy atom. The Kier molecular flexibility index (Phi) is 3.97. The van der Waals surface area contributed by atoms with E-state index in [1.807, 2.05) is 0 Å². The second kappa shape index (κ2) is 5.21. The normalized spacial score (nSPS) is 11.5. The van der Waals surface area contributed by atoms with E-state index in [-0.39, 0.29) is 24.9 Å². The molecular formula is C12H8Cl3NO2S. The third-order valence-corrected chi connectivity index (χ3v) is 5.33. The summed E-state index contributed by atoms with van der Waals surface area (Å²) in [5, 5.41) is 0.231. The molecule has 0 saturated carbocycles. The fourth-order valence-corrected chi connectivity index (χ4v) is 4.34. The first-order chi connectivity index (χ1) is 8.82. The maximum Gasteiger partial charge on any atom is 0.209 e. The maximum absolute atomic E-state index is 12.4. The molecule has 7 heteroatoms. The molecule has 0 heterocycles. The molecule has 0 unspecified atom stereocenters. The molecular weight excluding hydrogens is 329 g/mol. The SMILES string of the molecule is Nc1ccc(S(=O)(=O)c2c(Cl)cc(Cl)cc2Cl)cc1. The van der Waals surface area contributed by atoms with Crippen LogP contribution in [-0.4, -0.2) is 8.42 Å². The van der Waals surface area contributed by atoms with Crippen LogP contribution in [0.5, 0.6) is 0 Å². The number of hydrogen-bond donors (Lipinski definition) is 1. The van der Waals surface area contributed by atoms with Crippen LogP contribution in [0.2, 0.25) is 15.1 Å². The van der Waals surface area contributed by atoms with Gasteiger partial charge in [0.15, 0.2) is 0 Å². The first-order valence-electron chi connectivity index (χ1n) is 5.07. The Labute approximate surface area is 125 Å². The molecule has 2 N–H and O–H groups in total. The van der Waals surface area contributed by atoms with Crippen LogP contribution in [0.3, 0.4) is 0 Å². The number of hydrogen-bond acceptors (Lipinski definition) is 3. The Morgan fingerprint density at radius 2 is 1.37 bits per heavy atom. The van der Waals surface area contributed by atoms with Crippen LogP contribution in [0.15, 0.2) is 46.2 Å². The van der Waals surface area contributed by atoms with Gasteiger partial charge in [-0.3, -0.25) is 0 Å². The molecule has 0 aliphatic rings. The summed E-state index contributed by atoms with van der Waals surface area (Å²) in [6.07, 6.45) is 0. The third kappa shape index (κ3) is 2.82. The van der Waals surface area contributed by atoms with Crippen molar-refractivity contribution in [1.82, 2.24) is 0 Å². The standard InChI is InChI=1S/C12H8Cl3NO2S/c13-7-5-10(14)12(11(15)6-7)19(17,18)9-3-1-8(16)2-4-9/h1-6H,16H2. The van der Waals surface area contributed by atoms with E-state index >= 15 is 0 Å². The van der Waals surface area contributed by atoms with E-state index in [0.29, 0.717) is 5.69 Å². The summed E-state index contributed by atoms with van der Waals surface area (Å²) in [6, 6.07) is 8.44. The van der Waals surface area contributed by atoms with E-state index in [0.717, 1.165) is 0 Å². The van der Waals surface area contributed by atoms with Crippen molar-refractivity contribution in [2.75, 3.05) is 5.73 Å². The first-order valence-corrected chi connectivity index (χ1v) is 7.69. The van der Waals surface area contributed by atoms with Crippen molar-refractivity contribution in [3.05, 3.63) is 51.5 Å². The number of benzene rings is 2. The van der Waals surface area contributed by atoms with Gasteiger partial charge in [0.2, 0.25) is 9.84 Å². The fraction of sp³-hybridized carbons (Fsp3) is 0. The van der Waals surface area contributed by atoms with Gasteiger partial charge >= 0.3 is 0 Å². The van der Waals surface area contributed by atoms with Crippen LogP contribution in [0.25, 0.3) is 0 Å². The molecule has 0 amide bonds. The van der Waals surface area contributed by atoms with Crippen molar-refractivity contribution < 1.29 is 8.42 Å². The van der Waals surface area contributed by atoms with Crippen molar-refractivity contribution in [2.24, 2.45) is 0 Å². The lowest BCUT2D eigenvalue weighted by Crippen LogP contribution is -2.04. The second-order valence-electron chi connectivity index (χ2n) is 3.77. The van der Waals surface area contributed by atoms with E-state index in [1.54, 1.807) is 0 Å². The number of sulfone groups is 1. The minimum Gasteiger partial charge on any atom is -0.399 e. The number of rotatable bonds is 2. The summed E-state index contributed by atoms with van der Waals surface area (Å²) < 4.78 is 24.9. The average molecular weight is 337 g/mol. The van der Waals surface area contributed by atoms with Crippen molar-refractivity contribution in [3.63, 3.8) is 0 Å². The van der Waals surface area contributed by atoms with Crippen LogP contribution in [-0.2, 0) is 9.84 Å². The highest BCUT2D eigenvalue weighted by molar-refractivity contribution is 7.91. The lowest BCUT2D eigenvalue weighted by molar-refractivity contribution is 0.596. The van der Waals surface area contributed by atoms with E-state index in [4.69, 9.17) is 40.5 Å². The molecule has 3 nitrogen and oxygen atoms in total. The summed E-state index contributed by atoms with van der Waals surface area (Å²) in [5.41, 5.74) is 5.99. The van der Waals surface area contributed by atoms with E-state index in [1.165, 1.54) is 36.4 Å². The minimum absolute atomic E-state index is 0.0191. The summed E-state index contributed by atoms with van der Waals surface area (Å²) in [6.45, 7) is 0. The average Bonchev–Trinajstić information content (AvgIpc) is 2.27. The third-order valence-electron chi connectivity index (χ3n) is 2.42. The highest BCUT2D eigenvalue weighted by Gasteiger charge is 2.24. The molecule has 0 bridgehead atoms. The zero-order valence-electron chi connectivity index (χ0n) is 9.40. The van der Waals surface area contributed by atoms with Crippen LogP contribution in [0, 0.1) is 0 Å². The number of nitrogen functional groups attached to an aromatic ring is 1. The Hall–Kier alpha value is -0.940. The fourth-order valence-electron chi connectivity index (χ4n) is 1.55. The molecule has 0 radical (unpaired) electrons. The molecule has 0 spiro atoms. The number of anilines is 1. The largest absolute Gasteiger partial charge is 0.399 e. The molecule has 2 rings (SSSR count). The first kappa shape index (κ1) is 14.5. The van der Waals surface area contributed by atoms with Gasteiger partial charge in [-0.05, 0) is 36.4 Å². The van der Waals surface area contributed by atoms with Gasteiger partial charge < -0.3 is 5.73 Å². The van der Waals surface area contributed by atoms with Crippen LogP contribution >= 0.6 is 34.8 Å². The molecule has 0 aliphatic heterocycles. The predicted molar refractivity (Wildman–Crippen MR) is 77.8 cm³/mol. The van der Waals surface area contributed by atoms with Gasteiger partial charge in [-0.2, -0.15) is 0 Å². The van der Waals surface area contributed by atoms with Gasteiger partial charge in [-0.1, -0.05) is 34.8 Å². The minimum atomic E-state index is -3.81. The molecule has 0 fully saturated rings. The van der Waals surface area contributed by atoms with Crippen molar-refractivity contribution in [3.8, 4) is 0 Å². The molecule has 0 aliphatic carbocycles. The van der Waals surface area contributed by atoms with Crippen LogP contribution < -0.4 is 5.73 Å². The molecule has 2 aromatic rings. The van der Waals surface area contributed by atoms with E-state index in [2.05, 4.69) is 0 Å². The van der Waals surface area contributed by atoms with Gasteiger partial charge in [-0.15, -0.1) is 0 Å². The van der Waals surface area contributed by atoms with Gasteiger partial charge in [0.1, 0.15) is 4.90 Å². The van der Waals surface area contributed by atoms with Crippen molar-refractivity contribution in [2.45, 2.75) is 9.79 Å². The van der Waals surface area contributed by atoms with Crippen molar-refractivity contribution in [1.29, 1.82) is 0 Å². The predicted octanol–water partition coefficient (Wildman–Crippen LogP) is 4.06. The zero-order chi connectivity index (χ0) is 14.2. The lowest BCUT2D eigenvalue weighted by atomic mass is 10.3. The van der Waals surface area contributed by atoms with Gasteiger partial charge in [-0.25, -0.2) is 8.42 Å². The molecule has 19 heavy (non-hydrogen) atoms. The summed E-state index contributed by atoms with van der Waals surface area (Å²) >= 11 is 17.6. The Bertz CT molecular complexity index is 704. The number of nitrogens with two attached hydrogens (primary N) is 1. The maximum atomic E-state index is 12.4. The summed E-state index contributed by atoms with van der Waals surface area (Å²) in [4.78, 5) is -0.0992. The molecule has 0 atom stereocenters. The topological polar surface area (TPSA) is 60.2 Å². The van der Waals surface area contributed by atoms with E-state index < -0.39 is 9.84 Å². The van der Waals surface area contributed by atoms with Gasteiger partial charge in [0, 0.05) is 10.7 Å². The second-order valence-corrected chi connectivity index (χ2v) is 6.91. The van der Waals surface area contributed by atoms with Crippen molar-refractivity contribution >= 4 is 50.3 Å². The highest BCUT2D eigenvalue weighted by atomic mass is 35.5. The zero-order valence-corrected chi connectivity index (χ0v) is 12.5. The van der Waals surface area contributed by atoms with E-state index in [9.17, 15) is 8.42 Å². The molecule has 0 aromatic heterocycles. The summed E-state index contributed by atoms with van der Waals surface area (Å²) in [7, 11) is -3.81. The smallest absolute Gasteiger partial charge is 0.209 e. The quantitative estimate of drug-likeness (QED) is 0.841. The lowest BCUT2D eigenvalue weighted by Gasteiger charge is -2.09. The molecule has 0 saturated heterocycles. The molecule has 100 valence electrons. The highest BCUT2D eigenvalue weighted by Crippen LogP contribution is 2.36. The molecule has 2 aromatic carbocycles. The van der Waals surface area contributed by atoms with Crippen LogP contribution in [0.1, 0.15) is 0 Å². The summed E-state index contributed by atoms with van der Waals surface area (Å²) in [5.74, 6) is 0. The number of halogens is 3. The van der Waals surface area contributed by atoms with Crippen LogP contribution in [0.4, 0.5) is 5.69 Å². The monoisotopic (exact) mass is 335 g/mol. The Morgan fingerprint density at radius 1 is 0.895 bits per heavy atom. The van der Waals surface area contributed by atoms with Gasteiger partial charge in [0.25, 0.3) is 0 Å².